The fourth-order valence-corrected chi connectivity index (χ4v) is 2.40. The minimum atomic E-state index is 0.688. The highest BCUT2D eigenvalue weighted by molar-refractivity contribution is 7.09. The van der Waals surface area contributed by atoms with Crippen molar-refractivity contribution in [3.63, 3.8) is 0 Å². The monoisotopic (exact) mass is 256 g/mol. The fourth-order valence-electron chi connectivity index (χ4n) is 1.84. The molecule has 18 heavy (non-hydrogen) atoms. The molecular formula is C13H12N4S. The van der Waals surface area contributed by atoms with Gasteiger partial charge in [-0.15, -0.1) is 11.3 Å². The average molecular weight is 256 g/mol. The van der Waals surface area contributed by atoms with Gasteiger partial charge in [-0.1, -0.05) is 0 Å². The maximum atomic E-state index is 6.14. The highest BCUT2D eigenvalue weighted by Gasteiger charge is 2.05. The van der Waals surface area contributed by atoms with Crippen LogP contribution in [-0.2, 0) is 6.54 Å². The van der Waals surface area contributed by atoms with Crippen molar-refractivity contribution in [2.24, 2.45) is 0 Å². The maximum Gasteiger partial charge on any atom is 0.112 e. The first-order chi connectivity index (χ1) is 8.84. The fraction of sp³-hybridized carbons (Fsp3) is 0.0769. The van der Waals surface area contributed by atoms with Gasteiger partial charge < -0.3 is 11.1 Å². The minimum absolute atomic E-state index is 0.688. The molecule has 0 unspecified atom stereocenters. The first-order valence-electron chi connectivity index (χ1n) is 5.60. The normalized spacial score (nSPS) is 10.7. The van der Waals surface area contributed by atoms with Crippen LogP contribution in [0.25, 0.3) is 10.9 Å². The molecule has 3 rings (SSSR count). The quantitative estimate of drug-likeness (QED) is 0.707. The van der Waals surface area contributed by atoms with Crippen LogP contribution in [0.15, 0.2) is 42.0 Å². The summed E-state index contributed by atoms with van der Waals surface area (Å²) in [5.74, 6) is 0. The second-order valence-electron chi connectivity index (χ2n) is 3.88. The Hall–Kier alpha value is -2.14. The van der Waals surface area contributed by atoms with E-state index in [2.05, 4.69) is 15.3 Å². The number of nitrogen functional groups attached to an aromatic ring is 1. The van der Waals surface area contributed by atoms with Crippen molar-refractivity contribution >= 4 is 33.6 Å². The van der Waals surface area contributed by atoms with E-state index in [1.165, 1.54) is 0 Å². The molecule has 0 bridgehead atoms. The Morgan fingerprint density at radius 1 is 1.17 bits per heavy atom. The van der Waals surface area contributed by atoms with Gasteiger partial charge in [0, 0.05) is 23.2 Å². The molecule has 2 heterocycles. The Morgan fingerprint density at radius 3 is 2.94 bits per heavy atom. The third-order valence-electron chi connectivity index (χ3n) is 2.74. The Bertz CT molecular complexity index is 664. The van der Waals surface area contributed by atoms with Crippen molar-refractivity contribution in [2.75, 3.05) is 11.1 Å². The van der Waals surface area contributed by atoms with Crippen LogP contribution < -0.4 is 11.1 Å². The van der Waals surface area contributed by atoms with E-state index in [1.54, 1.807) is 23.7 Å². The topological polar surface area (TPSA) is 63.8 Å². The van der Waals surface area contributed by atoms with E-state index in [-0.39, 0.29) is 0 Å². The Kier molecular flexibility index (Phi) is 2.82. The van der Waals surface area contributed by atoms with Crippen molar-refractivity contribution in [1.82, 2.24) is 9.97 Å². The highest BCUT2D eigenvalue weighted by atomic mass is 32.1. The summed E-state index contributed by atoms with van der Waals surface area (Å²) < 4.78 is 0. The largest absolute Gasteiger partial charge is 0.397 e. The predicted molar refractivity (Wildman–Crippen MR) is 75.6 cm³/mol. The van der Waals surface area contributed by atoms with Crippen molar-refractivity contribution in [3.05, 3.63) is 47.0 Å². The number of nitrogens with two attached hydrogens (primary N) is 1. The number of hydrogen-bond donors (Lipinski definition) is 2. The van der Waals surface area contributed by atoms with Gasteiger partial charge in [-0.25, -0.2) is 4.98 Å². The van der Waals surface area contributed by atoms with Crippen LogP contribution in [0.3, 0.4) is 0 Å². The number of hydrogen-bond acceptors (Lipinski definition) is 5. The average Bonchev–Trinajstić information content (AvgIpc) is 2.91. The van der Waals surface area contributed by atoms with Gasteiger partial charge in [0.15, 0.2) is 0 Å². The Labute approximate surface area is 109 Å². The molecule has 5 heteroatoms. The number of nitrogens with zero attached hydrogens (tertiary/aromatic N) is 2. The molecule has 0 amide bonds. The van der Waals surface area contributed by atoms with E-state index in [4.69, 9.17) is 5.73 Å². The van der Waals surface area contributed by atoms with Crippen LogP contribution in [0.1, 0.15) is 5.01 Å². The number of anilines is 2. The molecule has 0 aliphatic carbocycles. The van der Waals surface area contributed by atoms with Gasteiger partial charge in [-0.3, -0.25) is 4.98 Å². The van der Waals surface area contributed by atoms with Crippen LogP contribution in [0.5, 0.6) is 0 Å². The van der Waals surface area contributed by atoms with Gasteiger partial charge in [0.1, 0.15) is 5.01 Å². The summed E-state index contributed by atoms with van der Waals surface area (Å²) in [6.45, 7) is 0.688. The molecule has 0 saturated heterocycles. The molecule has 4 nitrogen and oxygen atoms in total. The zero-order valence-electron chi connectivity index (χ0n) is 9.63. The number of thiazole rings is 1. The van der Waals surface area contributed by atoms with E-state index in [9.17, 15) is 0 Å². The number of nitrogens with one attached hydrogen (secondary N) is 1. The van der Waals surface area contributed by atoms with Gasteiger partial charge >= 0.3 is 0 Å². The van der Waals surface area contributed by atoms with Gasteiger partial charge in [0.2, 0.25) is 0 Å². The molecule has 90 valence electrons. The van der Waals surface area contributed by atoms with Crippen molar-refractivity contribution < 1.29 is 0 Å². The summed E-state index contributed by atoms with van der Waals surface area (Å²) in [5, 5.41) is 7.28. The van der Waals surface area contributed by atoms with Crippen LogP contribution in [0.4, 0.5) is 11.4 Å². The standard InChI is InChI=1S/C13H12N4S/c14-13-9-2-1-5-15-10(9)3-4-11(13)17-8-12-16-6-7-18-12/h1-7,17H,8,14H2. The second-order valence-corrected chi connectivity index (χ2v) is 4.86. The van der Waals surface area contributed by atoms with E-state index >= 15 is 0 Å². The SMILES string of the molecule is Nc1c(NCc2nccs2)ccc2ncccc12. The molecule has 3 N–H and O–H groups in total. The molecule has 0 radical (unpaired) electrons. The van der Waals surface area contributed by atoms with Gasteiger partial charge in [-0.2, -0.15) is 0 Å². The van der Waals surface area contributed by atoms with E-state index in [0.717, 1.165) is 27.3 Å². The second kappa shape index (κ2) is 4.62. The lowest BCUT2D eigenvalue weighted by Gasteiger charge is -2.10. The van der Waals surface area contributed by atoms with E-state index in [0.29, 0.717) is 6.54 Å². The summed E-state index contributed by atoms with van der Waals surface area (Å²) >= 11 is 1.62. The summed E-state index contributed by atoms with van der Waals surface area (Å²) in [4.78, 5) is 8.50. The molecule has 0 saturated carbocycles. The van der Waals surface area contributed by atoms with Crippen LogP contribution in [0, 0.1) is 0 Å². The summed E-state index contributed by atoms with van der Waals surface area (Å²) in [7, 11) is 0. The third kappa shape index (κ3) is 2.00. The zero-order valence-corrected chi connectivity index (χ0v) is 10.4. The van der Waals surface area contributed by atoms with Gasteiger partial charge in [0.25, 0.3) is 0 Å². The number of benzene rings is 1. The lowest BCUT2D eigenvalue weighted by Crippen LogP contribution is -2.02. The maximum absolute atomic E-state index is 6.14. The summed E-state index contributed by atoms with van der Waals surface area (Å²) in [6, 6.07) is 7.80. The Morgan fingerprint density at radius 2 is 2.11 bits per heavy atom. The number of rotatable bonds is 3. The van der Waals surface area contributed by atoms with Crippen LogP contribution >= 0.6 is 11.3 Å². The summed E-state index contributed by atoms with van der Waals surface area (Å²) in [5.41, 5.74) is 8.71. The Balaban J connectivity index is 1.90. The van der Waals surface area contributed by atoms with Crippen molar-refractivity contribution in [2.45, 2.75) is 6.54 Å². The molecule has 0 aliphatic heterocycles. The number of aromatic nitrogens is 2. The van der Waals surface area contributed by atoms with Crippen LogP contribution in [-0.4, -0.2) is 9.97 Å². The van der Waals surface area contributed by atoms with E-state index in [1.807, 2.05) is 29.6 Å². The third-order valence-corrected chi connectivity index (χ3v) is 3.52. The highest BCUT2D eigenvalue weighted by Crippen LogP contribution is 2.27. The first-order valence-corrected chi connectivity index (χ1v) is 6.48. The molecule has 3 aromatic rings. The molecule has 0 aliphatic rings. The van der Waals surface area contributed by atoms with Gasteiger partial charge in [-0.05, 0) is 24.3 Å². The molecule has 1 aromatic carbocycles. The van der Waals surface area contributed by atoms with Crippen molar-refractivity contribution in [3.8, 4) is 0 Å². The molecular weight excluding hydrogens is 244 g/mol. The molecule has 2 aromatic heterocycles. The minimum Gasteiger partial charge on any atom is -0.397 e. The predicted octanol–water partition coefficient (Wildman–Crippen LogP) is 2.89. The smallest absolute Gasteiger partial charge is 0.112 e. The molecule has 0 fully saturated rings. The lowest BCUT2D eigenvalue weighted by atomic mass is 10.1. The van der Waals surface area contributed by atoms with Gasteiger partial charge in [0.05, 0.1) is 23.4 Å². The zero-order chi connectivity index (χ0) is 12.4. The first kappa shape index (κ1) is 11.0. The number of pyridine rings is 1. The number of fused-ring (bicyclic) bond motifs is 1. The van der Waals surface area contributed by atoms with Crippen LogP contribution in [0.2, 0.25) is 0 Å². The molecule has 0 spiro atoms. The lowest BCUT2D eigenvalue weighted by molar-refractivity contribution is 1.11. The van der Waals surface area contributed by atoms with E-state index < -0.39 is 0 Å². The molecule has 0 atom stereocenters. The summed E-state index contributed by atoms with van der Waals surface area (Å²) in [6.07, 6.45) is 3.57. The van der Waals surface area contributed by atoms with Crippen molar-refractivity contribution in [1.29, 1.82) is 0 Å².